The molecular weight excluding hydrogens is 376 g/mol. The number of aromatic nitrogens is 3. The highest BCUT2D eigenvalue weighted by molar-refractivity contribution is 5.88. The molecule has 1 aromatic heterocycles. The number of hydrogen-bond acceptors (Lipinski definition) is 6. The predicted molar refractivity (Wildman–Crippen MR) is 119 cm³/mol. The molecule has 30 heavy (non-hydrogen) atoms. The van der Waals surface area contributed by atoms with Crippen LogP contribution in [0, 0.1) is 11.3 Å². The zero-order valence-corrected chi connectivity index (χ0v) is 17.2. The van der Waals surface area contributed by atoms with Crippen LogP contribution in [0.1, 0.15) is 11.4 Å². The van der Waals surface area contributed by atoms with E-state index in [-0.39, 0.29) is 0 Å². The van der Waals surface area contributed by atoms with Gasteiger partial charge in [0.05, 0.1) is 24.5 Å². The standard InChI is InChI=1S/C23H24N6O/c1-27(2)20-10-8-18(9-11-20)16-19(17-24)22-25-26-23(28-12-14-30-15-13-28)29(22)21-6-4-3-5-7-21/h3-11,16H,12-15H2,1-2H3. The van der Waals surface area contributed by atoms with Crippen molar-refractivity contribution in [3.63, 3.8) is 0 Å². The second-order valence-corrected chi connectivity index (χ2v) is 7.25. The van der Waals surface area contributed by atoms with Gasteiger partial charge in [0.15, 0.2) is 5.82 Å². The van der Waals surface area contributed by atoms with Gasteiger partial charge < -0.3 is 14.5 Å². The van der Waals surface area contributed by atoms with E-state index in [1.54, 1.807) is 0 Å². The van der Waals surface area contributed by atoms with Gasteiger partial charge in [0.2, 0.25) is 5.95 Å². The van der Waals surface area contributed by atoms with E-state index < -0.39 is 0 Å². The number of nitriles is 1. The molecule has 1 aliphatic rings. The Balaban J connectivity index is 1.78. The smallest absolute Gasteiger partial charge is 0.232 e. The van der Waals surface area contributed by atoms with Crippen molar-refractivity contribution < 1.29 is 4.74 Å². The van der Waals surface area contributed by atoms with Gasteiger partial charge in [0.25, 0.3) is 0 Å². The number of nitrogens with zero attached hydrogens (tertiary/aromatic N) is 6. The highest BCUT2D eigenvalue weighted by Gasteiger charge is 2.23. The summed E-state index contributed by atoms with van der Waals surface area (Å²) in [6.07, 6.45) is 1.85. The molecule has 1 aliphatic heterocycles. The third-order valence-electron chi connectivity index (χ3n) is 5.04. The molecule has 0 spiro atoms. The van der Waals surface area contributed by atoms with Crippen molar-refractivity contribution in [2.75, 3.05) is 50.2 Å². The summed E-state index contributed by atoms with van der Waals surface area (Å²) in [7, 11) is 4.00. The van der Waals surface area contributed by atoms with Crippen LogP contribution >= 0.6 is 0 Å². The first-order valence-corrected chi connectivity index (χ1v) is 9.90. The van der Waals surface area contributed by atoms with Crippen molar-refractivity contribution in [3.8, 4) is 11.8 Å². The summed E-state index contributed by atoms with van der Waals surface area (Å²) < 4.78 is 7.43. The van der Waals surface area contributed by atoms with Crippen LogP contribution in [0.3, 0.4) is 0 Å². The molecule has 0 aliphatic carbocycles. The number of ether oxygens (including phenoxy) is 1. The molecule has 1 saturated heterocycles. The van der Waals surface area contributed by atoms with Gasteiger partial charge in [-0.3, -0.25) is 4.57 Å². The van der Waals surface area contributed by atoms with E-state index in [4.69, 9.17) is 4.74 Å². The van der Waals surface area contributed by atoms with E-state index in [0.717, 1.165) is 36.0 Å². The zero-order valence-electron chi connectivity index (χ0n) is 17.2. The molecule has 0 amide bonds. The number of allylic oxidation sites excluding steroid dienone is 1. The lowest BCUT2D eigenvalue weighted by Gasteiger charge is -2.28. The van der Waals surface area contributed by atoms with E-state index in [9.17, 15) is 5.26 Å². The number of para-hydroxylation sites is 1. The van der Waals surface area contributed by atoms with Gasteiger partial charge in [0, 0.05) is 32.9 Å². The van der Waals surface area contributed by atoms with Crippen LogP contribution in [0.4, 0.5) is 11.6 Å². The van der Waals surface area contributed by atoms with Crippen LogP contribution in [0.2, 0.25) is 0 Å². The summed E-state index contributed by atoms with van der Waals surface area (Å²) in [5.41, 5.74) is 3.42. The molecule has 7 nitrogen and oxygen atoms in total. The van der Waals surface area contributed by atoms with Crippen molar-refractivity contribution in [3.05, 3.63) is 66.0 Å². The SMILES string of the molecule is CN(C)c1ccc(C=C(C#N)c2nnc(N3CCOCC3)n2-c2ccccc2)cc1. The maximum atomic E-state index is 9.93. The van der Waals surface area contributed by atoms with Crippen molar-refractivity contribution in [2.45, 2.75) is 0 Å². The molecule has 0 atom stereocenters. The van der Waals surface area contributed by atoms with Gasteiger partial charge in [-0.2, -0.15) is 5.26 Å². The van der Waals surface area contributed by atoms with E-state index >= 15 is 0 Å². The average molecular weight is 400 g/mol. The summed E-state index contributed by atoms with van der Waals surface area (Å²) in [4.78, 5) is 4.19. The van der Waals surface area contributed by atoms with Crippen LogP contribution in [-0.2, 0) is 4.74 Å². The Labute approximate surface area is 176 Å². The van der Waals surface area contributed by atoms with Crippen molar-refractivity contribution in [2.24, 2.45) is 0 Å². The fourth-order valence-corrected chi connectivity index (χ4v) is 3.42. The highest BCUT2D eigenvalue weighted by Crippen LogP contribution is 2.26. The fourth-order valence-electron chi connectivity index (χ4n) is 3.42. The van der Waals surface area contributed by atoms with Crippen LogP contribution in [0.15, 0.2) is 54.6 Å². The molecule has 2 heterocycles. The summed E-state index contributed by atoms with van der Waals surface area (Å²) in [5.74, 6) is 1.26. The first kappa shape index (κ1) is 19.7. The molecule has 7 heteroatoms. The minimum Gasteiger partial charge on any atom is -0.378 e. The Morgan fingerprint density at radius 3 is 2.37 bits per heavy atom. The normalized spacial score (nSPS) is 14.4. The molecule has 2 aromatic carbocycles. The Morgan fingerprint density at radius 2 is 1.73 bits per heavy atom. The summed E-state index contributed by atoms with van der Waals surface area (Å²) in [6.45, 7) is 2.78. The number of hydrogen-bond donors (Lipinski definition) is 0. The van der Waals surface area contributed by atoms with E-state index in [1.165, 1.54) is 0 Å². The number of benzene rings is 2. The van der Waals surface area contributed by atoms with Crippen LogP contribution in [-0.4, -0.2) is 55.2 Å². The minimum absolute atomic E-state index is 0.462. The van der Waals surface area contributed by atoms with E-state index in [1.807, 2.05) is 84.2 Å². The molecule has 0 saturated carbocycles. The maximum absolute atomic E-state index is 9.93. The molecule has 0 unspecified atom stereocenters. The Kier molecular flexibility index (Phi) is 5.77. The van der Waals surface area contributed by atoms with Crippen LogP contribution in [0.25, 0.3) is 17.3 Å². The summed E-state index contributed by atoms with van der Waals surface area (Å²) >= 11 is 0. The quantitative estimate of drug-likeness (QED) is 0.613. The molecule has 4 rings (SSSR count). The van der Waals surface area contributed by atoms with Crippen LogP contribution in [0.5, 0.6) is 0 Å². The molecule has 0 N–H and O–H groups in total. The van der Waals surface area contributed by atoms with Gasteiger partial charge >= 0.3 is 0 Å². The Morgan fingerprint density at radius 1 is 1.03 bits per heavy atom. The monoisotopic (exact) mass is 400 g/mol. The van der Waals surface area contributed by atoms with Crippen molar-refractivity contribution in [1.82, 2.24) is 14.8 Å². The zero-order chi connectivity index (χ0) is 20.9. The van der Waals surface area contributed by atoms with Gasteiger partial charge in [0.1, 0.15) is 6.07 Å². The summed E-state index contributed by atoms with van der Waals surface area (Å²) in [5, 5.41) is 18.8. The maximum Gasteiger partial charge on any atom is 0.232 e. The third kappa shape index (κ3) is 4.04. The Hall–Kier alpha value is -3.63. The van der Waals surface area contributed by atoms with Crippen LogP contribution < -0.4 is 9.80 Å². The lowest BCUT2D eigenvalue weighted by atomic mass is 10.1. The molecule has 1 fully saturated rings. The average Bonchev–Trinajstić information content (AvgIpc) is 3.24. The first-order valence-electron chi connectivity index (χ1n) is 9.90. The first-order chi connectivity index (χ1) is 14.7. The molecule has 3 aromatic rings. The lowest BCUT2D eigenvalue weighted by molar-refractivity contribution is 0.122. The predicted octanol–water partition coefficient (Wildman–Crippen LogP) is 3.23. The van der Waals surface area contributed by atoms with Crippen molar-refractivity contribution in [1.29, 1.82) is 5.26 Å². The minimum atomic E-state index is 0.462. The molecular formula is C23H24N6O. The number of rotatable bonds is 5. The van der Waals surface area contributed by atoms with Crippen molar-refractivity contribution >= 4 is 23.3 Å². The van der Waals surface area contributed by atoms with E-state index in [0.29, 0.717) is 24.6 Å². The Bertz CT molecular complexity index is 1060. The second-order valence-electron chi connectivity index (χ2n) is 7.25. The third-order valence-corrected chi connectivity index (χ3v) is 5.04. The number of morpholine rings is 1. The van der Waals surface area contributed by atoms with Gasteiger partial charge in [-0.15, -0.1) is 10.2 Å². The van der Waals surface area contributed by atoms with Gasteiger partial charge in [-0.25, -0.2) is 0 Å². The second kappa shape index (κ2) is 8.80. The molecule has 152 valence electrons. The summed E-state index contributed by atoms with van der Waals surface area (Å²) in [6, 6.07) is 20.3. The van der Waals surface area contributed by atoms with E-state index in [2.05, 4.69) is 21.2 Å². The topological polar surface area (TPSA) is 70.2 Å². The lowest BCUT2D eigenvalue weighted by Crippen LogP contribution is -2.38. The van der Waals surface area contributed by atoms with Gasteiger partial charge in [-0.1, -0.05) is 30.3 Å². The van der Waals surface area contributed by atoms with Gasteiger partial charge in [-0.05, 0) is 35.9 Å². The highest BCUT2D eigenvalue weighted by atomic mass is 16.5. The largest absolute Gasteiger partial charge is 0.378 e. The molecule has 0 radical (unpaired) electrons. The number of anilines is 2. The fraction of sp³-hybridized carbons (Fsp3) is 0.261. The molecule has 0 bridgehead atoms.